The fourth-order valence-corrected chi connectivity index (χ4v) is 1.71. The second kappa shape index (κ2) is 7.61. The van der Waals surface area contributed by atoms with Crippen LogP contribution < -0.4 is 15.6 Å². The molecule has 0 aromatic heterocycles. The van der Waals surface area contributed by atoms with E-state index in [0.29, 0.717) is 16.9 Å². The maximum absolute atomic E-state index is 11.8. The molecule has 0 aliphatic rings. The van der Waals surface area contributed by atoms with Crippen LogP contribution in [0.3, 0.4) is 0 Å². The van der Waals surface area contributed by atoms with Crippen molar-refractivity contribution in [1.29, 1.82) is 5.26 Å². The molecule has 0 aliphatic heterocycles. The van der Waals surface area contributed by atoms with Gasteiger partial charge in [0.2, 0.25) is 0 Å². The number of hydrogen-bond donors (Lipinski definition) is 2. The quantitative estimate of drug-likeness (QED) is 0.841. The molecule has 2 aromatic carbocycles. The molecule has 2 rings (SSSR count). The first kappa shape index (κ1) is 16.0. The van der Waals surface area contributed by atoms with Crippen molar-refractivity contribution in [2.75, 3.05) is 6.61 Å². The first-order valence-electron chi connectivity index (χ1n) is 6.87. The van der Waals surface area contributed by atoms with Crippen molar-refractivity contribution >= 4 is 11.8 Å². The number of nitriles is 1. The predicted octanol–water partition coefficient (Wildman–Crippen LogP) is 1.71. The van der Waals surface area contributed by atoms with Gasteiger partial charge in [-0.3, -0.25) is 20.4 Å². The molecule has 0 aliphatic carbocycles. The highest BCUT2D eigenvalue weighted by molar-refractivity contribution is 5.95. The molecule has 0 bridgehead atoms. The first-order chi connectivity index (χ1) is 11.1. The van der Waals surface area contributed by atoms with Crippen LogP contribution in [0.4, 0.5) is 0 Å². The number of hydrazine groups is 1. The number of hydrogen-bond acceptors (Lipinski definition) is 4. The van der Waals surface area contributed by atoms with E-state index in [9.17, 15) is 9.59 Å². The van der Waals surface area contributed by atoms with Gasteiger partial charge in [-0.15, -0.1) is 0 Å². The van der Waals surface area contributed by atoms with E-state index < -0.39 is 11.8 Å². The number of ether oxygens (including phenoxy) is 1. The normalized spacial score (nSPS) is 9.57. The number of rotatable bonds is 4. The molecule has 2 N–H and O–H groups in total. The van der Waals surface area contributed by atoms with Gasteiger partial charge < -0.3 is 4.74 Å². The molecule has 0 fully saturated rings. The third-order valence-corrected chi connectivity index (χ3v) is 2.98. The van der Waals surface area contributed by atoms with E-state index in [1.807, 2.05) is 25.1 Å². The molecule has 0 unspecified atom stereocenters. The van der Waals surface area contributed by atoms with Crippen molar-refractivity contribution < 1.29 is 14.3 Å². The average Bonchev–Trinajstić information content (AvgIpc) is 2.59. The van der Waals surface area contributed by atoms with E-state index in [-0.39, 0.29) is 6.61 Å². The molecule has 0 saturated carbocycles. The minimum Gasteiger partial charge on any atom is -0.484 e. The molecule has 6 nitrogen and oxygen atoms in total. The Labute approximate surface area is 133 Å². The highest BCUT2D eigenvalue weighted by atomic mass is 16.5. The average molecular weight is 309 g/mol. The topological polar surface area (TPSA) is 91.2 Å². The van der Waals surface area contributed by atoms with E-state index in [0.717, 1.165) is 5.56 Å². The minimum absolute atomic E-state index is 0.250. The van der Waals surface area contributed by atoms with Gasteiger partial charge in [-0.2, -0.15) is 5.26 Å². The maximum atomic E-state index is 11.8. The molecule has 0 heterocycles. The molecule has 0 radical (unpaired) electrons. The summed E-state index contributed by atoms with van der Waals surface area (Å²) in [6.45, 7) is 1.67. The lowest BCUT2D eigenvalue weighted by Crippen LogP contribution is -2.43. The van der Waals surface area contributed by atoms with Crippen LogP contribution in [0.2, 0.25) is 0 Å². The van der Waals surface area contributed by atoms with Gasteiger partial charge in [0.25, 0.3) is 11.8 Å². The molecule has 0 atom stereocenters. The number of carbonyl (C=O) groups is 2. The van der Waals surface area contributed by atoms with Gasteiger partial charge in [-0.25, -0.2) is 0 Å². The van der Waals surface area contributed by atoms with Crippen molar-refractivity contribution in [3.05, 3.63) is 65.2 Å². The minimum atomic E-state index is -0.491. The van der Waals surface area contributed by atoms with Gasteiger partial charge in [-0.05, 0) is 43.3 Å². The zero-order valence-electron chi connectivity index (χ0n) is 12.5. The van der Waals surface area contributed by atoms with Crippen molar-refractivity contribution in [2.45, 2.75) is 6.92 Å². The van der Waals surface area contributed by atoms with Crippen LogP contribution >= 0.6 is 0 Å². The third kappa shape index (κ3) is 4.86. The van der Waals surface area contributed by atoms with Crippen molar-refractivity contribution in [1.82, 2.24) is 10.9 Å². The van der Waals surface area contributed by atoms with Gasteiger partial charge in [-0.1, -0.05) is 17.7 Å². The number of carbonyl (C=O) groups excluding carboxylic acids is 2. The molecule has 0 spiro atoms. The molecule has 2 aromatic rings. The van der Waals surface area contributed by atoms with E-state index >= 15 is 0 Å². The molecule has 23 heavy (non-hydrogen) atoms. The Morgan fingerprint density at radius 2 is 1.70 bits per heavy atom. The first-order valence-corrected chi connectivity index (χ1v) is 6.87. The number of nitrogens with one attached hydrogen (secondary N) is 2. The van der Waals surface area contributed by atoms with Crippen molar-refractivity contribution in [3.8, 4) is 11.8 Å². The summed E-state index contributed by atoms with van der Waals surface area (Å²) in [4.78, 5) is 23.4. The SMILES string of the molecule is Cc1ccc(C(=O)NNC(=O)COc2ccc(C#N)cc2)cc1. The third-order valence-electron chi connectivity index (χ3n) is 2.98. The Hall–Kier alpha value is -3.33. The lowest BCUT2D eigenvalue weighted by molar-refractivity contribution is -0.123. The summed E-state index contributed by atoms with van der Waals surface area (Å²) < 4.78 is 5.25. The van der Waals surface area contributed by atoms with Crippen LogP contribution in [0, 0.1) is 18.3 Å². The molecular formula is C17H15N3O3. The fraction of sp³-hybridized carbons (Fsp3) is 0.118. The molecule has 6 heteroatoms. The van der Waals surface area contributed by atoms with Crippen LogP contribution in [0.1, 0.15) is 21.5 Å². The van der Waals surface area contributed by atoms with Crippen LogP contribution in [-0.2, 0) is 4.79 Å². The Kier molecular flexibility index (Phi) is 5.31. The number of nitrogens with zero attached hydrogens (tertiary/aromatic N) is 1. The number of amides is 2. The molecular weight excluding hydrogens is 294 g/mol. The molecule has 2 amide bonds. The lowest BCUT2D eigenvalue weighted by atomic mass is 10.1. The van der Waals surface area contributed by atoms with E-state index in [4.69, 9.17) is 10.00 Å². The van der Waals surface area contributed by atoms with Gasteiger partial charge >= 0.3 is 0 Å². The summed E-state index contributed by atoms with van der Waals surface area (Å²) in [5.41, 5.74) is 6.58. The van der Waals surface area contributed by atoms with Crippen LogP contribution in [0.25, 0.3) is 0 Å². The van der Waals surface area contributed by atoms with E-state index in [2.05, 4.69) is 10.9 Å². The van der Waals surface area contributed by atoms with Gasteiger partial charge in [0, 0.05) is 5.56 Å². The standard InChI is InChI=1S/C17H15N3O3/c1-12-2-6-14(7-3-12)17(22)20-19-16(21)11-23-15-8-4-13(10-18)5-9-15/h2-9H,11H2,1H3,(H,19,21)(H,20,22). The van der Waals surface area contributed by atoms with Crippen molar-refractivity contribution in [2.24, 2.45) is 0 Å². The largest absolute Gasteiger partial charge is 0.484 e. The lowest BCUT2D eigenvalue weighted by Gasteiger charge is -2.09. The maximum Gasteiger partial charge on any atom is 0.276 e. The summed E-state index contributed by atoms with van der Waals surface area (Å²) in [5.74, 6) is -0.435. The Morgan fingerprint density at radius 1 is 1.04 bits per heavy atom. The Bertz CT molecular complexity index is 731. The van der Waals surface area contributed by atoms with Crippen LogP contribution in [0.15, 0.2) is 48.5 Å². The molecule has 116 valence electrons. The van der Waals surface area contributed by atoms with E-state index in [1.165, 1.54) is 0 Å². The summed E-state index contributed by atoms with van der Waals surface area (Å²) in [7, 11) is 0. The zero-order valence-corrected chi connectivity index (χ0v) is 12.5. The number of benzene rings is 2. The smallest absolute Gasteiger partial charge is 0.276 e. The Balaban J connectivity index is 1.77. The Morgan fingerprint density at radius 3 is 2.30 bits per heavy atom. The molecule has 0 saturated heterocycles. The van der Waals surface area contributed by atoms with Crippen molar-refractivity contribution in [3.63, 3.8) is 0 Å². The summed E-state index contributed by atoms with van der Waals surface area (Å²) in [5, 5.41) is 8.68. The van der Waals surface area contributed by atoms with Gasteiger partial charge in [0.05, 0.1) is 11.6 Å². The second-order valence-corrected chi connectivity index (χ2v) is 4.79. The van der Waals surface area contributed by atoms with Gasteiger partial charge in [0.1, 0.15) is 5.75 Å². The van der Waals surface area contributed by atoms with Crippen LogP contribution in [0.5, 0.6) is 5.75 Å². The van der Waals surface area contributed by atoms with E-state index in [1.54, 1.807) is 36.4 Å². The summed E-state index contributed by atoms with van der Waals surface area (Å²) in [6, 6.07) is 15.3. The highest BCUT2D eigenvalue weighted by Gasteiger charge is 2.07. The summed E-state index contributed by atoms with van der Waals surface area (Å²) >= 11 is 0. The predicted molar refractivity (Wildman–Crippen MR) is 83.4 cm³/mol. The highest BCUT2D eigenvalue weighted by Crippen LogP contribution is 2.11. The van der Waals surface area contributed by atoms with Gasteiger partial charge in [0.15, 0.2) is 6.61 Å². The summed E-state index contributed by atoms with van der Waals surface area (Å²) in [6.07, 6.45) is 0. The van der Waals surface area contributed by atoms with Crippen LogP contribution in [-0.4, -0.2) is 18.4 Å². The zero-order chi connectivity index (χ0) is 16.7. The number of aryl methyl sites for hydroxylation is 1. The monoisotopic (exact) mass is 309 g/mol. The fourth-order valence-electron chi connectivity index (χ4n) is 1.71. The second-order valence-electron chi connectivity index (χ2n) is 4.79.